The van der Waals surface area contributed by atoms with Gasteiger partial charge in [-0.15, -0.1) is 0 Å². The lowest BCUT2D eigenvalue weighted by atomic mass is 9.85. The normalized spacial score (nSPS) is 27.6. The van der Waals surface area contributed by atoms with E-state index in [0.717, 1.165) is 12.6 Å². The average Bonchev–Trinajstić information content (AvgIpc) is 3.00. The van der Waals surface area contributed by atoms with Crippen molar-refractivity contribution in [1.29, 1.82) is 0 Å². The Bertz CT molecular complexity index is 295. The van der Waals surface area contributed by atoms with E-state index in [0.29, 0.717) is 0 Å². The van der Waals surface area contributed by atoms with Gasteiger partial charge in [0.05, 0.1) is 0 Å². The predicted octanol–water partition coefficient (Wildman–Crippen LogP) is 1.61. The zero-order chi connectivity index (χ0) is 15.3. The third-order valence-corrected chi connectivity index (χ3v) is 5.87. The molecule has 2 heterocycles. The number of nitrogens with two attached hydrogens (primary N) is 1. The highest BCUT2D eigenvalue weighted by molar-refractivity contribution is 5.00. The maximum Gasteiger partial charge on any atom is 0.0356 e. The van der Waals surface area contributed by atoms with E-state index in [9.17, 15) is 0 Å². The van der Waals surface area contributed by atoms with E-state index in [1.807, 2.05) is 0 Å². The number of hydrogen-bond acceptors (Lipinski definition) is 4. The van der Waals surface area contributed by atoms with Gasteiger partial charge in [-0.05, 0) is 58.4 Å². The molecule has 0 aromatic rings. The van der Waals surface area contributed by atoms with Crippen LogP contribution in [0.15, 0.2) is 0 Å². The summed E-state index contributed by atoms with van der Waals surface area (Å²) in [5, 5.41) is 0. The van der Waals surface area contributed by atoms with E-state index in [1.54, 1.807) is 0 Å². The second-order valence-electron chi connectivity index (χ2n) is 6.88. The summed E-state index contributed by atoms with van der Waals surface area (Å²) in [4.78, 5) is 7.97. The molecule has 4 nitrogen and oxygen atoms in total. The van der Waals surface area contributed by atoms with Gasteiger partial charge in [0.2, 0.25) is 0 Å². The van der Waals surface area contributed by atoms with Crippen LogP contribution in [0, 0.1) is 0 Å². The van der Waals surface area contributed by atoms with Crippen molar-refractivity contribution in [3.05, 3.63) is 0 Å². The van der Waals surface area contributed by atoms with E-state index < -0.39 is 0 Å². The molecule has 2 rings (SSSR count). The summed E-state index contributed by atoms with van der Waals surface area (Å²) in [6.07, 6.45) is 5.11. The molecule has 0 spiro atoms. The SMILES string of the molecule is CCCN1CCC(CN)(N2CCC(N(CC)CC)C2)CC1. The molecule has 0 amide bonds. The Morgan fingerprint density at radius 1 is 1.10 bits per heavy atom. The molecule has 0 bridgehead atoms. The van der Waals surface area contributed by atoms with Crippen LogP contribution >= 0.6 is 0 Å². The van der Waals surface area contributed by atoms with Crippen LogP contribution in [0.1, 0.15) is 46.5 Å². The van der Waals surface area contributed by atoms with E-state index in [1.165, 1.54) is 71.5 Å². The summed E-state index contributed by atoms with van der Waals surface area (Å²) in [7, 11) is 0. The summed E-state index contributed by atoms with van der Waals surface area (Å²) in [6.45, 7) is 16.2. The molecule has 4 heteroatoms. The molecule has 1 unspecified atom stereocenters. The van der Waals surface area contributed by atoms with E-state index in [2.05, 4.69) is 35.5 Å². The summed E-state index contributed by atoms with van der Waals surface area (Å²) >= 11 is 0. The highest BCUT2D eigenvalue weighted by Crippen LogP contribution is 2.32. The average molecular weight is 297 g/mol. The third kappa shape index (κ3) is 3.79. The number of piperidine rings is 1. The van der Waals surface area contributed by atoms with Gasteiger partial charge < -0.3 is 10.6 Å². The predicted molar refractivity (Wildman–Crippen MR) is 90.6 cm³/mol. The number of rotatable bonds is 7. The molecule has 2 aliphatic heterocycles. The molecule has 0 aliphatic carbocycles. The topological polar surface area (TPSA) is 35.7 Å². The quantitative estimate of drug-likeness (QED) is 0.774. The number of nitrogens with zero attached hydrogens (tertiary/aromatic N) is 3. The monoisotopic (exact) mass is 296 g/mol. The first-order chi connectivity index (χ1) is 10.2. The summed E-state index contributed by atoms with van der Waals surface area (Å²) in [5.74, 6) is 0. The van der Waals surface area contributed by atoms with Crippen molar-refractivity contribution in [3.63, 3.8) is 0 Å². The molecule has 0 aromatic heterocycles. The van der Waals surface area contributed by atoms with Crippen molar-refractivity contribution < 1.29 is 0 Å². The van der Waals surface area contributed by atoms with Crippen LogP contribution in [-0.2, 0) is 0 Å². The smallest absolute Gasteiger partial charge is 0.0356 e. The molecule has 0 saturated carbocycles. The Labute approximate surface area is 131 Å². The fourth-order valence-electron chi connectivity index (χ4n) is 4.37. The lowest BCUT2D eigenvalue weighted by Crippen LogP contribution is -2.59. The molecule has 0 radical (unpaired) electrons. The Hall–Kier alpha value is -0.160. The van der Waals surface area contributed by atoms with Crippen molar-refractivity contribution >= 4 is 0 Å². The van der Waals surface area contributed by atoms with Crippen molar-refractivity contribution in [1.82, 2.24) is 14.7 Å². The van der Waals surface area contributed by atoms with Gasteiger partial charge in [-0.3, -0.25) is 9.80 Å². The van der Waals surface area contributed by atoms with E-state index in [-0.39, 0.29) is 5.54 Å². The summed E-state index contributed by atoms with van der Waals surface area (Å²) in [6, 6.07) is 0.747. The Balaban J connectivity index is 1.93. The van der Waals surface area contributed by atoms with Gasteiger partial charge in [-0.25, -0.2) is 0 Å². The van der Waals surface area contributed by atoms with Crippen molar-refractivity contribution in [2.24, 2.45) is 5.73 Å². The third-order valence-electron chi connectivity index (χ3n) is 5.87. The molecule has 1 atom stereocenters. The zero-order valence-electron chi connectivity index (χ0n) is 14.5. The van der Waals surface area contributed by atoms with Crippen LogP contribution in [0.3, 0.4) is 0 Å². The number of likely N-dealkylation sites (tertiary alicyclic amines) is 2. The highest BCUT2D eigenvalue weighted by Gasteiger charge is 2.42. The lowest BCUT2D eigenvalue weighted by Gasteiger charge is -2.47. The van der Waals surface area contributed by atoms with Gasteiger partial charge in [0, 0.05) is 31.2 Å². The van der Waals surface area contributed by atoms with Gasteiger partial charge in [0.15, 0.2) is 0 Å². The van der Waals surface area contributed by atoms with Crippen molar-refractivity contribution in [2.75, 3.05) is 52.4 Å². The minimum atomic E-state index is 0.284. The van der Waals surface area contributed by atoms with Gasteiger partial charge in [-0.1, -0.05) is 20.8 Å². The first-order valence-electron chi connectivity index (χ1n) is 9.10. The van der Waals surface area contributed by atoms with Crippen LogP contribution in [0.4, 0.5) is 0 Å². The van der Waals surface area contributed by atoms with Crippen LogP contribution in [0.2, 0.25) is 0 Å². The van der Waals surface area contributed by atoms with Crippen LogP contribution in [0.5, 0.6) is 0 Å². The summed E-state index contributed by atoms with van der Waals surface area (Å²) < 4.78 is 0. The minimum Gasteiger partial charge on any atom is -0.329 e. The molecule has 0 aromatic carbocycles. The minimum absolute atomic E-state index is 0.284. The van der Waals surface area contributed by atoms with Gasteiger partial charge in [-0.2, -0.15) is 0 Å². The second-order valence-corrected chi connectivity index (χ2v) is 6.88. The highest BCUT2D eigenvalue weighted by atomic mass is 15.3. The van der Waals surface area contributed by atoms with Gasteiger partial charge in [0.25, 0.3) is 0 Å². The van der Waals surface area contributed by atoms with Crippen molar-refractivity contribution in [2.45, 2.75) is 58.0 Å². The second kappa shape index (κ2) is 7.91. The lowest BCUT2D eigenvalue weighted by molar-refractivity contribution is 0.0380. The standard InChI is InChI=1S/C17H36N4/c1-4-10-19-12-8-17(15-18,9-13-19)21-11-7-16(14-21)20(5-2)6-3/h16H,4-15,18H2,1-3H3. The van der Waals surface area contributed by atoms with Crippen molar-refractivity contribution in [3.8, 4) is 0 Å². The number of likely N-dealkylation sites (N-methyl/N-ethyl adjacent to an activating group) is 1. The first-order valence-corrected chi connectivity index (χ1v) is 9.10. The molecular weight excluding hydrogens is 260 g/mol. The Morgan fingerprint density at radius 3 is 2.29 bits per heavy atom. The molecule has 124 valence electrons. The molecule has 2 N–H and O–H groups in total. The fourth-order valence-corrected chi connectivity index (χ4v) is 4.37. The van der Waals surface area contributed by atoms with Crippen LogP contribution < -0.4 is 5.73 Å². The largest absolute Gasteiger partial charge is 0.329 e. The number of hydrogen-bond donors (Lipinski definition) is 1. The van der Waals surface area contributed by atoms with Crippen LogP contribution in [-0.4, -0.2) is 78.6 Å². The summed E-state index contributed by atoms with van der Waals surface area (Å²) in [5.41, 5.74) is 6.53. The maximum atomic E-state index is 6.25. The fraction of sp³-hybridized carbons (Fsp3) is 1.00. The van der Waals surface area contributed by atoms with E-state index in [4.69, 9.17) is 5.73 Å². The van der Waals surface area contributed by atoms with E-state index >= 15 is 0 Å². The Morgan fingerprint density at radius 2 is 1.76 bits per heavy atom. The van der Waals surface area contributed by atoms with Gasteiger partial charge >= 0.3 is 0 Å². The molecule has 2 saturated heterocycles. The molecule has 2 fully saturated rings. The molecule has 21 heavy (non-hydrogen) atoms. The first kappa shape index (κ1) is 17.2. The van der Waals surface area contributed by atoms with Gasteiger partial charge in [0.1, 0.15) is 0 Å². The molecule has 2 aliphatic rings. The van der Waals surface area contributed by atoms with Crippen LogP contribution in [0.25, 0.3) is 0 Å². The maximum absolute atomic E-state index is 6.25. The molecular formula is C17H36N4. The zero-order valence-corrected chi connectivity index (χ0v) is 14.5. The Kier molecular flexibility index (Phi) is 6.48.